The maximum absolute atomic E-state index is 12.5. The van der Waals surface area contributed by atoms with Crippen LogP contribution < -0.4 is 10.1 Å². The highest BCUT2D eigenvalue weighted by atomic mass is 19.4. The SMILES string of the molecule is Cc1nn(-c2ccccc2)cc1CCCNC(=O)c1cc(OCC(F)(F)F)ccc1[N+](=O)[O-]. The fraction of sp³-hybridized carbons (Fsp3) is 0.273. The molecule has 11 heteroatoms. The zero-order chi connectivity index (χ0) is 24.0. The minimum Gasteiger partial charge on any atom is -0.484 e. The van der Waals surface area contributed by atoms with E-state index in [2.05, 4.69) is 15.2 Å². The molecule has 3 aromatic rings. The zero-order valence-corrected chi connectivity index (χ0v) is 17.6. The Kier molecular flexibility index (Phi) is 7.31. The molecule has 0 saturated heterocycles. The second-order valence-corrected chi connectivity index (χ2v) is 7.22. The van der Waals surface area contributed by atoms with Crippen molar-refractivity contribution in [3.05, 3.63) is 81.7 Å². The normalized spacial score (nSPS) is 11.3. The summed E-state index contributed by atoms with van der Waals surface area (Å²) in [5.41, 5.74) is 1.86. The molecule has 3 rings (SSSR count). The van der Waals surface area contributed by atoms with Crippen molar-refractivity contribution in [2.45, 2.75) is 25.9 Å². The minimum absolute atomic E-state index is 0.208. The molecule has 8 nitrogen and oxygen atoms in total. The van der Waals surface area contributed by atoms with Gasteiger partial charge in [-0.05, 0) is 49.6 Å². The van der Waals surface area contributed by atoms with E-state index in [0.29, 0.717) is 12.8 Å². The van der Waals surface area contributed by atoms with Gasteiger partial charge < -0.3 is 10.1 Å². The summed E-state index contributed by atoms with van der Waals surface area (Å²) in [5.74, 6) is -1.05. The van der Waals surface area contributed by atoms with Gasteiger partial charge in [0.2, 0.25) is 0 Å². The van der Waals surface area contributed by atoms with Gasteiger partial charge in [0.15, 0.2) is 6.61 Å². The first-order valence-electron chi connectivity index (χ1n) is 10.0. The molecule has 1 heterocycles. The number of benzene rings is 2. The Hall–Kier alpha value is -3.89. The number of ether oxygens (including phenoxy) is 1. The van der Waals surface area contributed by atoms with Gasteiger partial charge in [-0.25, -0.2) is 4.68 Å². The molecule has 1 aromatic heterocycles. The Labute approximate surface area is 187 Å². The van der Waals surface area contributed by atoms with E-state index in [-0.39, 0.29) is 17.9 Å². The van der Waals surface area contributed by atoms with E-state index in [1.165, 1.54) is 0 Å². The third-order valence-corrected chi connectivity index (χ3v) is 4.74. The van der Waals surface area contributed by atoms with Crippen molar-refractivity contribution < 1.29 is 27.6 Å². The molecule has 2 aromatic carbocycles. The quantitative estimate of drug-likeness (QED) is 0.289. The van der Waals surface area contributed by atoms with E-state index in [1.807, 2.05) is 43.5 Å². The van der Waals surface area contributed by atoms with Gasteiger partial charge in [0.25, 0.3) is 11.6 Å². The predicted molar refractivity (Wildman–Crippen MR) is 114 cm³/mol. The number of alkyl halides is 3. The summed E-state index contributed by atoms with van der Waals surface area (Å²) in [6, 6.07) is 12.5. The molecule has 174 valence electrons. The second kappa shape index (κ2) is 10.2. The van der Waals surface area contributed by atoms with Crippen LogP contribution in [0.5, 0.6) is 5.75 Å². The van der Waals surface area contributed by atoms with Crippen molar-refractivity contribution in [1.82, 2.24) is 15.1 Å². The van der Waals surface area contributed by atoms with Crippen LogP contribution in [0.2, 0.25) is 0 Å². The number of aromatic nitrogens is 2. The van der Waals surface area contributed by atoms with Gasteiger partial charge in [-0.15, -0.1) is 0 Å². The number of hydrogen-bond acceptors (Lipinski definition) is 5. The lowest BCUT2D eigenvalue weighted by atomic mass is 10.1. The van der Waals surface area contributed by atoms with Crippen LogP contribution in [-0.2, 0) is 6.42 Å². The molecule has 0 atom stereocenters. The summed E-state index contributed by atoms with van der Waals surface area (Å²) in [6.07, 6.45) is -1.53. The molecule has 0 bridgehead atoms. The van der Waals surface area contributed by atoms with Crippen LogP contribution in [0, 0.1) is 17.0 Å². The molecule has 0 spiro atoms. The third-order valence-electron chi connectivity index (χ3n) is 4.74. The predicted octanol–water partition coefficient (Wildman–Crippen LogP) is 4.39. The highest BCUT2D eigenvalue weighted by Crippen LogP contribution is 2.26. The molecule has 0 radical (unpaired) electrons. The number of para-hydroxylation sites is 1. The van der Waals surface area contributed by atoms with Crippen LogP contribution in [-0.4, -0.2) is 39.9 Å². The molecule has 0 saturated carbocycles. The number of nitro groups is 1. The summed E-state index contributed by atoms with van der Waals surface area (Å²) >= 11 is 0. The number of nitro benzene ring substituents is 1. The smallest absolute Gasteiger partial charge is 0.422 e. The number of nitrogens with one attached hydrogen (secondary N) is 1. The van der Waals surface area contributed by atoms with Gasteiger partial charge in [0.1, 0.15) is 11.3 Å². The maximum atomic E-state index is 12.5. The average Bonchev–Trinajstić information content (AvgIpc) is 3.15. The molecular weight excluding hydrogens is 441 g/mol. The highest BCUT2D eigenvalue weighted by molar-refractivity contribution is 5.98. The summed E-state index contributed by atoms with van der Waals surface area (Å²) < 4.78 is 43.4. The van der Waals surface area contributed by atoms with Crippen molar-refractivity contribution in [2.24, 2.45) is 0 Å². The van der Waals surface area contributed by atoms with Crippen molar-refractivity contribution >= 4 is 11.6 Å². The van der Waals surface area contributed by atoms with Crippen LogP contribution in [0.3, 0.4) is 0 Å². The molecule has 0 aliphatic carbocycles. The van der Waals surface area contributed by atoms with Crippen molar-refractivity contribution in [2.75, 3.05) is 13.2 Å². The lowest BCUT2D eigenvalue weighted by Gasteiger charge is -2.11. The Bertz CT molecular complexity index is 1130. The number of aryl methyl sites for hydroxylation is 2. The van der Waals surface area contributed by atoms with E-state index in [9.17, 15) is 28.1 Å². The van der Waals surface area contributed by atoms with Crippen molar-refractivity contribution in [3.63, 3.8) is 0 Å². The summed E-state index contributed by atoms with van der Waals surface area (Å²) in [7, 11) is 0. The number of nitrogens with zero attached hydrogens (tertiary/aromatic N) is 3. The van der Waals surface area contributed by atoms with Crippen LogP contribution in [0.25, 0.3) is 5.69 Å². The van der Waals surface area contributed by atoms with Gasteiger partial charge >= 0.3 is 6.18 Å². The number of carbonyl (C=O) groups excluding carboxylic acids is 1. The largest absolute Gasteiger partial charge is 0.484 e. The fourth-order valence-electron chi connectivity index (χ4n) is 3.14. The van der Waals surface area contributed by atoms with Gasteiger partial charge in [0.05, 0.1) is 16.3 Å². The molecule has 0 aliphatic heterocycles. The topological polar surface area (TPSA) is 99.3 Å². The van der Waals surface area contributed by atoms with E-state index in [4.69, 9.17) is 0 Å². The first-order valence-corrected chi connectivity index (χ1v) is 10.0. The number of carbonyl (C=O) groups is 1. The van der Waals surface area contributed by atoms with Gasteiger partial charge in [0, 0.05) is 18.8 Å². The van der Waals surface area contributed by atoms with E-state index in [1.54, 1.807) is 4.68 Å². The van der Waals surface area contributed by atoms with Crippen molar-refractivity contribution in [1.29, 1.82) is 0 Å². The molecule has 33 heavy (non-hydrogen) atoms. The van der Waals surface area contributed by atoms with E-state index < -0.39 is 29.3 Å². The maximum Gasteiger partial charge on any atom is 0.422 e. The summed E-state index contributed by atoms with van der Waals surface area (Å²) in [6.45, 7) is 0.518. The molecule has 0 unspecified atom stereocenters. The molecular formula is C22H21F3N4O4. The number of amides is 1. The molecule has 1 N–H and O–H groups in total. The Morgan fingerprint density at radius 3 is 2.61 bits per heavy atom. The molecule has 1 amide bonds. The number of rotatable bonds is 9. The van der Waals surface area contributed by atoms with Gasteiger partial charge in [-0.1, -0.05) is 18.2 Å². The first kappa shape index (κ1) is 23.8. The van der Waals surface area contributed by atoms with Gasteiger partial charge in [-0.2, -0.15) is 18.3 Å². The average molecular weight is 462 g/mol. The second-order valence-electron chi connectivity index (χ2n) is 7.22. The number of halogens is 3. The van der Waals surface area contributed by atoms with Crippen molar-refractivity contribution in [3.8, 4) is 11.4 Å². The molecule has 0 aliphatic rings. The summed E-state index contributed by atoms with van der Waals surface area (Å²) in [5, 5.41) is 18.3. The first-order chi connectivity index (χ1) is 15.6. The lowest BCUT2D eigenvalue weighted by molar-refractivity contribution is -0.385. The molecule has 0 fully saturated rings. The monoisotopic (exact) mass is 462 g/mol. The van der Waals surface area contributed by atoms with E-state index in [0.717, 1.165) is 35.1 Å². The van der Waals surface area contributed by atoms with Crippen LogP contribution in [0.15, 0.2) is 54.7 Å². The Balaban J connectivity index is 1.60. The zero-order valence-electron chi connectivity index (χ0n) is 17.6. The van der Waals surface area contributed by atoms with Crippen LogP contribution in [0.4, 0.5) is 18.9 Å². The highest BCUT2D eigenvalue weighted by Gasteiger charge is 2.29. The lowest BCUT2D eigenvalue weighted by Crippen LogP contribution is -2.26. The third kappa shape index (κ3) is 6.55. The van der Waals surface area contributed by atoms with Gasteiger partial charge in [-0.3, -0.25) is 14.9 Å². The Morgan fingerprint density at radius 1 is 1.21 bits per heavy atom. The Morgan fingerprint density at radius 2 is 1.94 bits per heavy atom. The van der Waals surface area contributed by atoms with E-state index >= 15 is 0 Å². The standard InChI is InChI=1S/C22H21F3N4O4/c1-15-16(13-28(27-15)17-7-3-2-4-8-17)6-5-11-26-21(30)19-12-18(33-14-22(23,24)25)9-10-20(19)29(31)32/h2-4,7-10,12-13H,5-6,11,14H2,1H3,(H,26,30). The van der Waals surface area contributed by atoms with Crippen LogP contribution in [0.1, 0.15) is 28.0 Å². The fourth-order valence-corrected chi connectivity index (χ4v) is 3.14. The minimum atomic E-state index is -4.57. The summed E-state index contributed by atoms with van der Waals surface area (Å²) in [4.78, 5) is 22.9. The van der Waals surface area contributed by atoms with Crippen LogP contribution >= 0.6 is 0 Å². The number of hydrogen-bond donors (Lipinski definition) is 1.